The summed E-state index contributed by atoms with van der Waals surface area (Å²) < 4.78 is 25.8. The molecule has 0 unspecified atom stereocenters. The summed E-state index contributed by atoms with van der Waals surface area (Å²) in [5.41, 5.74) is 1.44. The smallest absolute Gasteiger partial charge is 0.323 e. The second-order valence-corrected chi connectivity index (χ2v) is 14.2. The molecule has 234 valence electrons. The zero-order valence-electron chi connectivity index (χ0n) is 24.9. The third-order valence-electron chi connectivity index (χ3n) is 8.46. The van der Waals surface area contributed by atoms with Crippen molar-refractivity contribution in [2.24, 2.45) is 0 Å². The molecule has 45 heavy (non-hydrogen) atoms. The maximum atomic E-state index is 13.1. The van der Waals surface area contributed by atoms with E-state index in [1.54, 1.807) is 59.5 Å². The zero-order valence-corrected chi connectivity index (χ0v) is 26.5. The Hall–Kier alpha value is -4.30. The van der Waals surface area contributed by atoms with Crippen molar-refractivity contribution in [2.75, 3.05) is 72.4 Å². The number of carbonyl (C=O) groups excluding carboxylic acids is 1. The highest BCUT2D eigenvalue weighted by Crippen LogP contribution is 2.29. The largest absolute Gasteiger partial charge is 0.341 e. The molecule has 2 amide bonds. The summed E-state index contributed by atoms with van der Waals surface area (Å²) in [5.74, 6) is 2.19. The van der Waals surface area contributed by atoms with E-state index in [2.05, 4.69) is 25.0 Å². The average molecular weight is 646 g/mol. The van der Waals surface area contributed by atoms with Gasteiger partial charge in [0.05, 0.1) is 15.5 Å². The maximum Gasteiger partial charge on any atom is 0.323 e. The summed E-state index contributed by atoms with van der Waals surface area (Å²) in [5, 5.41) is 5.27. The molecule has 5 heterocycles. The van der Waals surface area contributed by atoms with Crippen molar-refractivity contribution in [1.82, 2.24) is 24.8 Å². The lowest BCUT2D eigenvalue weighted by Crippen LogP contribution is -2.50. The molecular weight excluding hydrogens is 611 g/mol. The lowest BCUT2D eigenvalue weighted by molar-refractivity contribution is 0.208. The Labute approximate surface area is 266 Å². The molecule has 2 aromatic carbocycles. The van der Waals surface area contributed by atoms with Crippen LogP contribution >= 0.6 is 11.3 Å². The minimum absolute atomic E-state index is 0.203. The molecule has 0 saturated carbocycles. The molecule has 2 aromatic heterocycles. The molecule has 3 saturated heterocycles. The van der Waals surface area contributed by atoms with E-state index in [1.165, 1.54) is 11.3 Å². The van der Waals surface area contributed by atoms with Gasteiger partial charge in [0.15, 0.2) is 5.13 Å². The molecular formula is C31H35N9O3S2. The van der Waals surface area contributed by atoms with Crippen LogP contribution in [0.5, 0.6) is 0 Å². The Morgan fingerprint density at radius 3 is 1.71 bits per heavy atom. The van der Waals surface area contributed by atoms with Crippen LogP contribution in [0.1, 0.15) is 25.7 Å². The van der Waals surface area contributed by atoms with Gasteiger partial charge in [-0.3, -0.25) is 5.32 Å². The summed E-state index contributed by atoms with van der Waals surface area (Å²) in [6.07, 6.45) is 4.61. The number of hydrogen-bond acceptors (Lipinski definition) is 11. The lowest BCUT2D eigenvalue weighted by Gasteiger charge is -2.35. The molecule has 3 fully saturated rings. The van der Waals surface area contributed by atoms with Crippen LogP contribution in [0.15, 0.2) is 69.8 Å². The number of benzene rings is 2. The molecule has 14 heteroatoms. The van der Waals surface area contributed by atoms with E-state index in [9.17, 15) is 13.2 Å². The van der Waals surface area contributed by atoms with Crippen LogP contribution in [0.25, 0.3) is 11.3 Å². The number of aromatic nitrogens is 4. The molecule has 3 aliphatic heterocycles. The second-order valence-electron chi connectivity index (χ2n) is 11.4. The molecule has 0 spiro atoms. The van der Waals surface area contributed by atoms with Crippen molar-refractivity contribution in [1.29, 1.82) is 0 Å². The van der Waals surface area contributed by atoms with E-state index in [0.717, 1.165) is 69.3 Å². The predicted molar refractivity (Wildman–Crippen MR) is 175 cm³/mol. The lowest BCUT2D eigenvalue weighted by atomic mass is 10.2. The first-order chi connectivity index (χ1) is 21.9. The number of amides is 2. The second kappa shape index (κ2) is 12.6. The normalized spacial score (nSPS) is 17.2. The fraction of sp³-hybridized carbons (Fsp3) is 0.387. The van der Waals surface area contributed by atoms with E-state index in [1.807, 2.05) is 5.38 Å². The van der Waals surface area contributed by atoms with E-state index in [0.29, 0.717) is 43.0 Å². The van der Waals surface area contributed by atoms with E-state index < -0.39 is 9.84 Å². The Balaban J connectivity index is 0.977. The number of sulfone groups is 1. The van der Waals surface area contributed by atoms with Gasteiger partial charge in [0.25, 0.3) is 0 Å². The summed E-state index contributed by atoms with van der Waals surface area (Å²) in [6.45, 7) is 6.19. The number of piperazine rings is 1. The maximum absolute atomic E-state index is 13.1. The minimum atomic E-state index is -3.59. The van der Waals surface area contributed by atoms with Crippen LogP contribution in [0.2, 0.25) is 0 Å². The van der Waals surface area contributed by atoms with Gasteiger partial charge in [-0.25, -0.2) is 18.2 Å². The molecule has 0 atom stereocenters. The van der Waals surface area contributed by atoms with Crippen molar-refractivity contribution in [3.8, 4) is 11.3 Å². The number of thiazole rings is 1. The van der Waals surface area contributed by atoms with Crippen LogP contribution in [-0.4, -0.2) is 91.6 Å². The Kier molecular flexibility index (Phi) is 8.23. The highest BCUT2D eigenvalue weighted by atomic mass is 32.2. The average Bonchev–Trinajstić information content (AvgIpc) is 3.89. The molecule has 4 aromatic rings. The first-order valence-electron chi connectivity index (χ1n) is 15.4. The van der Waals surface area contributed by atoms with E-state index in [-0.39, 0.29) is 15.8 Å². The van der Waals surface area contributed by atoms with E-state index >= 15 is 0 Å². The van der Waals surface area contributed by atoms with Crippen molar-refractivity contribution in [3.63, 3.8) is 0 Å². The molecule has 7 rings (SSSR count). The van der Waals surface area contributed by atoms with Crippen molar-refractivity contribution >= 4 is 50.2 Å². The summed E-state index contributed by atoms with van der Waals surface area (Å²) in [4.78, 5) is 41.2. The van der Waals surface area contributed by atoms with Gasteiger partial charge in [0, 0.05) is 63.3 Å². The molecule has 0 bridgehead atoms. The van der Waals surface area contributed by atoms with Gasteiger partial charge in [-0.2, -0.15) is 15.0 Å². The number of anilines is 4. The van der Waals surface area contributed by atoms with E-state index in [4.69, 9.17) is 15.0 Å². The standard InChI is InChI=1S/C31H35N9O3S2/c41-31(36-30-32-26(22-44-30)23-10-12-25(13-11-23)45(42,43)24-8-2-1-3-9-24)40-20-18-39(19-21-40)29-34-27(37-14-4-5-15-37)33-28(35-29)38-16-6-7-17-38/h1-3,8-13,22H,4-7,14-21H2,(H,32,36,41). The number of nitrogens with zero attached hydrogens (tertiary/aromatic N) is 8. The number of nitrogens with one attached hydrogen (secondary N) is 1. The minimum Gasteiger partial charge on any atom is -0.341 e. The summed E-state index contributed by atoms with van der Waals surface area (Å²) in [7, 11) is -3.59. The number of urea groups is 1. The fourth-order valence-corrected chi connectivity index (χ4v) is 7.88. The Bertz CT molecular complexity index is 1710. The van der Waals surface area contributed by atoms with Gasteiger partial charge in [-0.1, -0.05) is 30.3 Å². The topological polar surface area (TPSA) is 128 Å². The van der Waals surface area contributed by atoms with Gasteiger partial charge >= 0.3 is 6.03 Å². The van der Waals surface area contributed by atoms with Crippen molar-refractivity contribution < 1.29 is 13.2 Å². The molecule has 1 N–H and O–H groups in total. The zero-order chi connectivity index (χ0) is 30.8. The SMILES string of the molecule is O=C(Nc1nc(-c2ccc(S(=O)(=O)c3ccccc3)cc2)cs1)N1CCN(c2nc(N3CCCC3)nc(N3CCCC3)n2)CC1. The van der Waals surface area contributed by atoms with Gasteiger partial charge in [-0.15, -0.1) is 11.3 Å². The fourth-order valence-electron chi connectivity index (χ4n) is 5.89. The van der Waals surface area contributed by atoms with Gasteiger partial charge in [-0.05, 0) is 49.9 Å². The number of carbonyl (C=O) groups is 1. The number of hydrogen-bond donors (Lipinski definition) is 1. The molecule has 0 radical (unpaired) electrons. The van der Waals surface area contributed by atoms with Crippen LogP contribution in [0.3, 0.4) is 0 Å². The summed E-state index contributed by atoms with van der Waals surface area (Å²) in [6, 6.07) is 14.8. The molecule has 0 aliphatic carbocycles. The third kappa shape index (κ3) is 6.29. The first-order valence-corrected chi connectivity index (χ1v) is 17.7. The third-order valence-corrected chi connectivity index (χ3v) is 11.0. The molecule has 12 nitrogen and oxygen atoms in total. The van der Waals surface area contributed by atoms with Gasteiger partial charge in [0.1, 0.15) is 0 Å². The van der Waals surface area contributed by atoms with Crippen LogP contribution < -0.4 is 20.0 Å². The predicted octanol–water partition coefficient (Wildman–Crippen LogP) is 4.38. The van der Waals surface area contributed by atoms with Gasteiger partial charge in [0.2, 0.25) is 27.7 Å². The van der Waals surface area contributed by atoms with Gasteiger partial charge < -0.3 is 19.6 Å². The quantitative estimate of drug-likeness (QED) is 0.309. The van der Waals surface area contributed by atoms with Crippen molar-refractivity contribution in [2.45, 2.75) is 35.5 Å². The Morgan fingerprint density at radius 2 is 1.16 bits per heavy atom. The first kappa shape index (κ1) is 29.4. The van der Waals surface area contributed by atoms with Crippen molar-refractivity contribution in [3.05, 3.63) is 60.0 Å². The highest BCUT2D eigenvalue weighted by Gasteiger charge is 2.27. The highest BCUT2D eigenvalue weighted by molar-refractivity contribution is 7.91. The van der Waals surface area contributed by atoms with Crippen LogP contribution in [0.4, 0.5) is 27.8 Å². The van der Waals surface area contributed by atoms with Crippen LogP contribution in [-0.2, 0) is 9.84 Å². The monoisotopic (exact) mass is 645 g/mol. The van der Waals surface area contributed by atoms with Crippen LogP contribution in [0, 0.1) is 0 Å². The Morgan fingerprint density at radius 1 is 0.644 bits per heavy atom. The summed E-state index contributed by atoms with van der Waals surface area (Å²) >= 11 is 1.33. The molecule has 3 aliphatic rings. The number of rotatable bonds is 7.